The van der Waals surface area contributed by atoms with E-state index in [2.05, 4.69) is 10.3 Å². The molecule has 8 heteroatoms. The highest BCUT2D eigenvalue weighted by atomic mass is 35.5. The number of aryl methyl sites for hydroxylation is 1. The van der Waals surface area contributed by atoms with Gasteiger partial charge in [0.1, 0.15) is 6.54 Å². The molecule has 0 fully saturated rings. The second-order valence-electron chi connectivity index (χ2n) is 8.21. The first-order valence-electron chi connectivity index (χ1n) is 10.9. The van der Waals surface area contributed by atoms with Gasteiger partial charge < -0.3 is 9.32 Å². The van der Waals surface area contributed by atoms with Crippen LogP contribution in [0.5, 0.6) is 0 Å². The summed E-state index contributed by atoms with van der Waals surface area (Å²) in [7, 11) is 0. The van der Waals surface area contributed by atoms with E-state index in [0.29, 0.717) is 16.7 Å². The molecule has 4 aromatic rings. The third-order valence-corrected chi connectivity index (χ3v) is 5.59. The van der Waals surface area contributed by atoms with Gasteiger partial charge in [0.15, 0.2) is 5.76 Å². The van der Waals surface area contributed by atoms with E-state index >= 15 is 0 Å². The second-order valence-corrected chi connectivity index (χ2v) is 8.65. The van der Waals surface area contributed by atoms with E-state index < -0.39 is 0 Å². The smallest absolute Gasteiger partial charge is 0.290 e. The maximum Gasteiger partial charge on any atom is 0.290 e. The Bertz CT molecular complexity index is 1280. The van der Waals surface area contributed by atoms with Crippen LogP contribution in [0.4, 0.5) is 5.95 Å². The molecule has 1 N–H and O–H groups in total. The van der Waals surface area contributed by atoms with Crippen molar-refractivity contribution in [3.05, 3.63) is 89.5 Å². The molecule has 0 bridgehead atoms. The summed E-state index contributed by atoms with van der Waals surface area (Å²) in [5, 5.41) is 3.50. The van der Waals surface area contributed by atoms with Crippen LogP contribution in [0.3, 0.4) is 0 Å². The zero-order chi connectivity index (χ0) is 24.2. The maximum atomic E-state index is 13.0. The number of hydrogen-bond acceptors (Lipinski definition) is 4. The fraction of sp³-hybridized carbons (Fsp3) is 0.192. The number of anilines is 1. The molecule has 2 aromatic carbocycles. The van der Waals surface area contributed by atoms with Crippen LogP contribution in [0, 0.1) is 6.92 Å². The van der Waals surface area contributed by atoms with Gasteiger partial charge in [-0.15, -0.1) is 0 Å². The number of furan rings is 1. The third-order valence-electron chi connectivity index (χ3n) is 5.34. The number of benzene rings is 2. The van der Waals surface area contributed by atoms with Gasteiger partial charge in [-0.05, 0) is 57.2 Å². The first kappa shape index (κ1) is 23.3. The number of carbonyl (C=O) groups is 2. The largest absolute Gasteiger partial charge is 0.459 e. The molecule has 0 saturated heterocycles. The number of imidazole rings is 1. The Morgan fingerprint density at radius 2 is 1.79 bits per heavy atom. The lowest BCUT2D eigenvalue weighted by Crippen LogP contribution is -2.42. The molecule has 0 spiro atoms. The van der Waals surface area contributed by atoms with Crippen molar-refractivity contribution in [2.45, 2.75) is 26.8 Å². The van der Waals surface area contributed by atoms with E-state index in [1.165, 1.54) is 11.2 Å². The topological polar surface area (TPSA) is 80.4 Å². The van der Waals surface area contributed by atoms with Crippen molar-refractivity contribution in [1.29, 1.82) is 0 Å². The summed E-state index contributed by atoms with van der Waals surface area (Å²) in [4.78, 5) is 31.9. The molecule has 2 amide bonds. The number of aromatic nitrogens is 2. The molecule has 7 nitrogen and oxygen atoms in total. The quantitative estimate of drug-likeness (QED) is 0.377. The SMILES string of the molecule is Cc1ccc(-n2cc(-c3ccc(Cl)cc3)nc2NC(=O)CN(C(=O)c2ccco2)C(C)C)cc1. The third kappa shape index (κ3) is 5.21. The number of nitrogens with zero attached hydrogens (tertiary/aromatic N) is 3. The van der Waals surface area contributed by atoms with Gasteiger partial charge in [-0.3, -0.25) is 19.5 Å². The van der Waals surface area contributed by atoms with Crippen molar-refractivity contribution in [2.24, 2.45) is 0 Å². The first-order valence-corrected chi connectivity index (χ1v) is 11.3. The maximum absolute atomic E-state index is 13.0. The Hall–Kier alpha value is -3.84. The van der Waals surface area contributed by atoms with Crippen LogP contribution in [-0.2, 0) is 4.79 Å². The Morgan fingerprint density at radius 1 is 1.09 bits per heavy atom. The summed E-state index contributed by atoms with van der Waals surface area (Å²) in [6.07, 6.45) is 3.29. The van der Waals surface area contributed by atoms with E-state index in [9.17, 15) is 9.59 Å². The highest BCUT2D eigenvalue weighted by Gasteiger charge is 2.24. The van der Waals surface area contributed by atoms with Crippen molar-refractivity contribution in [1.82, 2.24) is 14.5 Å². The standard InChI is InChI=1S/C26H25ClN4O3/c1-17(2)30(25(33)23-5-4-14-34-23)16-24(32)29-26-28-22(19-8-10-20(27)11-9-19)15-31(26)21-12-6-18(3)7-13-21/h4-15,17H,16H2,1-3H3,(H,28,29,32). The molecule has 0 radical (unpaired) electrons. The first-order chi connectivity index (χ1) is 16.3. The summed E-state index contributed by atoms with van der Waals surface area (Å²) in [5.41, 5.74) is 3.51. The van der Waals surface area contributed by atoms with Gasteiger partial charge in [0.05, 0.1) is 12.0 Å². The molecule has 2 aromatic heterocycles. The highest BCUT2D eigenvalue weighted by Crippen LogP contribution is 2.26. The van der Waals surface area contributed by atoms with Gasteiger partial charge in [0.25, 0.3) is 5.91 Å². The molecular formula is C26H25ClN4O3. The van der Waals surface area contributed by atoms with Gasteiger partial charge in [-0.25, -0.2) is 4.98 Å². The summed E-state index contributed by atoms with van der Waals surface area (Å²) < 4.78 is 7.04. The van der Waals surface area contributed by atoms with Crippen molar-refractivity contribution in [3.8, 4) is 16.9 Å². The van der Waals surface area contributed by atoms with Crippen LogP contribution in [-0.4, -0.2) is 38.9 Å². The molecule has 4 rings (SSSR count). The summed E-state index contributed by atoms with van der Waals surface area (Å²) in [6.45, 7) is 5.56. The van der Waals surface area contributed by atoms with Crippen molar-refractivity contribution >= 4 is 29.4 Å². The predicted molar refractivity (Wildman–Crippen MR) is 132 cm³/mol. The van der Waals surface area contributed by atoms with Gasteiger partial charge in [-0.2, -0.15) is 0 Å². The van der Waals surface area contributed by atoms with Crippen LogP contribution in [0.25, 0.3) is 16.9 Å². The van der Waals surface area contributed by atoms with Crippen molar-refractivity contribution < 1.29 is 14.0 Å². The van der Waals surface area contributed by atoms with Crippen LogP contribution in [0.2, 0.25) is 5.02 Å². The number of hydrogen-bond donors (Lipinski definition) is 1. The Labute approximate surface area is 203 Å². The summed E-state index contributed by atoms with van der Waals surface area (Å²) in [6, 6.07) is 18.2. The Balaban J connectivity index is 1.62. The van der Waals surface area contributed by atoms with E-state index in [1.807, 2.05) is 67.9 Å². The molecule has 0 aliphatic rings. The average molecular weight is 477 g/mol. The van der Waals surface area contributed by atoms with E-state index in [4.69, 9.17) is 16.0 Å². The number of amides is 2. The van der Waals surface area contributed by atoms with Gasteiger partial charge >= 0.3 is 0 Å². The zero-order valence-electron chi connectivity index (χ0n) is 19.2. The molecule has 2 heterocycles. The molecule has 0 aliphatic heterocycles. The van der Waals surface area contributed by atoms with Crippen LogP contribution >= 0.6 is 11.6 Å². The molecule has 0 aliphatic carbocycles. The summed E-state index contributed by atoms with van der Waals surface area (Å²) in [5.74, 6) is -0.172. The lowest BCUT2D eigenvalue weighted by atomic mass is 10.2. The Morgan fingerprint density at radius 3 is 2.41 bits per heavy atom. The molecule has 34 heavy (non-hydrogen) atoms. The van der Waals surface area contributed by atoms with E-state index in [-0.39, 0.29) is 30.2 Å². The molecule has 0 saturated carbocycles. The second kappa shape index (κ2) is 9.97. The average Bonchev–Trinajstić information content (AvgIpc) is 3.49. The number of rotatable bonds is 7. The molecule has 0 unspecified atom stereocenters. The minimum Gasteiger partial charge on any atom is -0.459 e. The molecular weight excluding hydrogens is 452 g/mol. The van der Waals surface area contributed by atoms with Gasteiger partial charge in [-0.1, -0.05) is 41.4 Å². The van der Waals surface area contributed by atoms with Gasteiger partial charge in [0.2, 0.25) is 11.9 Å². The van der Waals surface area contributed by atoms with E-state index in [0.717, 1.165) is 16.8 Å². The lowest BCUT2D eigenvalue weighted by Gasteiger charge is -2.25. The van der Waals surface area contributed by atoms with Crippen LogP contribution in [0.15, 0.2) is 77.5 Å². The monoisotopic (exact) mass is 476 g/mol. The highest BCUT2D eigenvalue weighted by molar-refractivity contribution is 6.30. The predicted octanol–water partition coefficient (Wildman–Crippen LogP) is 5.58. The fourth-order valence-electron chi connectivity index (χ4n) is 3.48. The van der Waals surface area contributed by atoms with Crippen molar-refractivity contribution in [3.63, 3.8) is 0 Å². The van der Waals surface area contributed by atoms with Crippen LogP contribution in [0.1, 0.15) is 30.0 Å². The number of nitrogens with one attached hydrogen (secondary N) is 1. The van der Waals surface area contributed by atoms with Crippen LogP contribution < -0.4 is 5.32 Å². The Kier molecular flexibility index (Phi) is 6.84. The lowest BCUT2D eigenvalue weighted by molar-refractivity contribution is -0.117. The van der Waals surface area contributed by atoms with E-state index in [1.54, 1.807) is 24.3 Å². The normalized spacial score (nSPS) is 11.0. The minimum absolute atomic E-state index is 0.145. The number of carbonyl (C=O) groups excluding carboxylic acids is 2. The molecule has 0 atom stereocenters. The summed E-state index contributed by atoms with van der Waals surface area (Å²) >= 11 is 6.03. The number of halogens is 1. The van der Waals surface area contributed by atoms with Gasteiger partial charge in [0, 0.05) is 28.5 Å². The zero-order valence-corrected chi connectivity index (χ0v) is 19.9. The molecule has 174 valence electrons. The van der Waals surface area contributed by atoms with Crippen molar-refractivity contribution in [2.75, 3.05) is 11.9 Å². The fourth-order valence-corrected chi connectivity index (χ4v) is 3.61. The minimum atomic E-state index is -0.366.